The van der Waals surface area contributed by atoms with Crippen LogP contribution in [-0.4, -0.2) is 37.1 Å². The number of likely N-dealkylation sites (N-methyl/N-ethyl adjacent to an activating group) is 1. The second-order valence-electron chi connectivity index (χ2n) is 6.66. The van der Waals surface area contributed by atoms with Crippen LogP contribution in [0.5, 0.6) is 0 Å². The fraction of sp³-hybridized carbons (Fsp3) is 1.00. The van der Waals surface area contributed by atoms with Crippen LogP contribution in [0.3, 0.4) is 0 Å². The molecule has 1 saturated heterocycles. The van der Waals surface area contributed by atoms with Crippen molar-refractivity contribution in [2.75, 3.05) is 20.1 Å². The van der Waals surface area contributed by atoms with Crippen molar-refractivity contribution in [2.45, 2.75) is 70.9 Å². The number of hydrogen-bond donors (Lipinski definition) is 1. The molecule has 1 saturated carbocycles. The first-order chi connectivity index (χ1) is 8.15. The average Bonchev–Trinajstić information content (AvgIpc) is 2.55. The van der Waals surface area contributed by atoms with E-state index in [0.717, 1.165) is 6.04 Å². The first kappa shape index (κ1) is 13.4. The molecule has 0 aromatic rings. The summed E-state index contributed by atoms with van der Waals surface area (Å²) in [6.07, 6.45) is 9.89. The number of likely N-dealkylation sites (tertiary alicyclic amines) is 1. The third-order valence-corrected chi connectivity index (χ3v) is 4.97. The van der Waals surface area contributed by atoms with Crippen LogP contribution in [0.15, 0.2) is 0 Å². The first-order valence-corrected chi connectivity index (χ1v) is 7.56. The molecule has 1 aliphatic heterocycles. The van der Waals surface area contributed by atoms with Crippen LogP contribution in [-0.2, 0) is 0 Å². The molecule has 2 aliphatic rings. The van der Waals surface area contributed by atoms with E-state index in [1.165, 1.54) is 58.0 Å². The average molecular weight is 238 g/mol. The summed E-state index contributed by atoms with van der Waals surface area (Å²) in [6, 6.07) is 1.45. The lowest BCUT2D eigenvalue weighted by Crippen LogP contribution is -2.58. The maximum absolute atomic E-state index is 3.62. The van der Waals surface area contributed by atoms with Gasteiger partial charge in [-0.05, 0) is 51.2 Å². The van der Waals surface area contributed by atoms with E-state index in [-0.39, 0.29) is 0 Å². The Balaban J connectivity index is 2.06. The van der Waals surface area contributed by atoms with Crippen molar-refractivity contribution in [3.05, 3.63) is 0 Å². The highest BCUT2D eigenvalue weighted by Gasteiger charge is 2.40. The summed E-state index contributed by atoms with van der Waals surface area (Å²) in [6.45, 7) is 7.55. The standard InChI is InChI=1S/C15H30N2/c1-15(2)10-8-9-13(14(15)16-3)17-11-6-4-5-7-12-17/h13-14,16H,4-12H2,1-3H3. The van der Waals surface area contributed by atoms with Gasteiger partial charge in [0.1, 0.15) is 0 Å². The van der Waals surface area contributed by atoms with Crippen LogP contribution < -0.4 is 5.32 Å². The van der Waals surface area contributed by atoms with Gasteiger partial charge >= 0.3 is 0 Å². The predicted octanol–water partition coefficient (Wildman–Crippen LogP) is 3.03. The van der Waals surface area contributed by atoms with E-state index >= 15 is 0 Å². The molecule has 2 atom stereocenters. The Bertz CT molecular complexity index is 229. The molecule has 1 heterocycles. The lowest BCUT2D eigenvalue weighted by Gasteiger charge is -2.48. The van der Waals surface area contributed by atoms with Crippen molar-refractivity contribution < 1.29 is 0 Å². The minimum Gasteiger partial charge on any atom is -0.315 e. The van der Waals surface area contributed by atoms with Crippen molar-refractivity contribution in [3.63, 3.8) is 0 Å². The van der Waals surface area contributed by atoms with Crippen molar-refractivity contribution in [3.8, 4) is 0 Å². The van der Waals surface area contributed by atoms with Gasteiger partial charge in [0.05, 0.1) is 0 Å². The van der Waals surface area contributed by atoms with Gasteiger partial charge in [0.25, 0.3) is 0 Å². The highest BCUT2D eigenvalue weighted by molar-refractivity contribution is 4.97. The van der Waals surface area contributed by atoms with E-state index in [1.807, 2.05) is 0 Å². The van der Waals surface area contributed by atoms with E-state index in [0.29, 0.717) is 11.5 Å². The zero-order valence-corrected chi connectivity index (χ0v) is 12.0. The van der Waals surface area contributed by atoms with Crippen LogP contribution in [0.4, 0.5) is 0 Å². The molecule has 0 aromatic heterocycles. The fourth-order valence-corrected chi connectivity index (χ4v) is 4.01. The van der Waals surface area contributed by atoms with Crippen LogP contribution in [0.1, 0.15) is 58.8 Å². The third kappa shape index (κ3) is 3.03. The summed E-state index contributed by atoms with van der Waals surface area (Å²) in [5, 5.41) is 3.62. The number of hydrogen-bond acceptors (Lipinski definition) is 2. The molecule has 1 N–H and O–H groups in total. The van der Waals surface area contributed by atoms with Crippen molar-refractivity contribution in [1.82, 2.24) is 10.2 Å². The molecule has 2 unspecified atom stereocenters. The third-order valence-electron chi connectivity index (χ3n) is 4.97. The highest BCUT2D eigenvalue weighted by Crippen LogP contribution is 2.38. The van der Waals surface area contributed by atoms with Gasteiger partial charge in [0, 0.05) is 12.1 Å². The second-order valence-corrected chi connectivity index (χ2v) is 6.66. The zero-order chi connectivity index (χ0) is 12.3. The van der Waals surface area contributed by atoms with Gasteiger partial charge in [-0.25, -0.2) is 0 Å². The molecule has 0 amide bonds. The van der Waals surface area contributed by atoms with E-state index in [1.54, 1.807) is 0 Å². The minimum absolute atomic E-state index is 0.462. The van der Waals surface area contributed by atoms with Gasteiger partial charge in [0.2, 0.25) is 0 Å². The molecule has 0 aromatic carbocycles. The Morgan fingerprint density at radius 1 is 1.00 bits per heavy atom. The van der Waals surface area contributed by atoms with Crippen molar-refractivity contribution in [2.24, 2.45) is 5.41 Å². The van der Waals surface area contributed by atoms with Crippen LogP contribution in [0.2, 0.25) is 0 Å². The fourth-order valence-electron chi connectivity index (χ4n) is 4.01. The number of nitrogens with one attached hydrogen (secondary N) is 1. The van der Waals surface area contributed by atoms with Gasteiger partial charge in [-0.15, -0.1) is 0 Å². The summed E-state index contributed by atoms with van der Waals surface area (Å²) in [5.74, 6) is 0. The van der Waals surface area contributed by atoms with Gasteiger partial charge in [-0.3, -0.25) is 4.90 Å². The zero-order valence-electron chi connectivity index (χ0n) is 12.0. The molecule has 2 rings (SSSR count). The second kappa shape index (κ2) is 5.71. The predicted molar refractivity (Wildman–Crippen MR) is 74.3 cm³/mol. The molecule has 0 bridgehead atoms. The maximum atomic E-state index is 3.62. The smallest absolute Gasteiger partial charge is 0.0271 e. The number of nitrogens with zero attached hydrogens (tertiary/aromatic N) is 1. The van der Waals surface area contributed by atoms with Gasteiger partial charge in [-0.2, -0.15) is 0 Å². The summed E-state index contributed by atoms with van der Waals surface area (Å²) in [4.78, 5) is 2.79. The number of rotatable bonds is 2. The normalized spacial score (nSPS) is 35.5. The van der Waals surface area contributed by atoms with Gasteiger partial charge in [0.15, 0.2) is 0 Å². The molecule has 2 heteroatoms. The topological polar surface area (TPSA) is 15.3 Å². The Morgan fingerprint density at radius 2 is 1.65 bits per heavy atom. The largest absolute Gasteiger partial charge is 0.315 e. The Hall–Kier alpha value is -0.0800. The Labute approximate surface area is 107 Å². The maximum Gasteiger partial charge on any atom is 0.0271 e. The Morgan fingerprint density at radius 3 is 2.24 bits per heavy atom. The summed E-state index contributed by atoms with van der Waals surface area (Å²) in [7, 11) is 2.16. The van der Waals surface area contributed by atoms with E-state index in [9.17, 15) is 0 Å². The van der Waals surface area contributed by atoms with E-state index < -0.39 is 0 Å². The van der Waals surface area contributed by atoms with Crippen LogP contribution in [0, 0.1) is 5.41 Å². The minimum atomic E-state index is 0.462. The van der Waals surface area contributed by atoms with Crippen molar-refractivity contribution in [1.29, 1.82) is 0 Å². The molecule has 2 nitrogen and oxygen atoms in total. The molecule has 0 spiro atoms. The molecule has 1 aliphatic carbocycles. The molecule has 17 heavy (non-hydrogen) atoms. The summed E-state index contributed by atoms with van der Waals surface area (Å²) in [5.41, 5.74) is 0.462. The first-order valence-electron chi connectivity index (χ1n) is 7.56. The highest BCUT2D eigenvalue weighted by atomic mass is 15.2. The van der Waals surface area contributed by atoms with E-state index in [4.69, 9.17) is 0 Å². The van der Waals surface area contributed by atoms with E-state index in [2.05, 4.69) is 31.1 Å². The summed E-state index contributed by atoms with van der Waals surface area (Å²) < 4.78 is 0. The Kier molecular flexibility index (Phi) is 4.48. The molecular weight excluding hydrogens is 208 g/mol. The van der Waals surface area contributed by atoms with Crippen LogP contribution in [0.25, 0.3) is 0 Å². The monoisotopic (exact) mass is 238 g/mol. The quantitative estimate of drug-likeness (QED) is 0.795. The molecular formula is C15H30N2. The van der Waals surface area contributed by atoms with Crippen molar-refractivity contribution >= 4 is 0 Å². The lowest BCUT2D eigenvalue weighted by atomic mass is 9.70. The molecule has 100 valence electrons. The lowest BCUT2D eigenvalue weighted by molar-refractivity contribution is 0.0540. The summed E-state index contributed by atoms with van der Waals surface area (Å²) >= 11 is 0. The van der Waals surface area contributed by atoms with Crippen LogP contribution >= 0.6 is 0 Å². The van der Waals surface area contributed by atoms with Gasteiger partial charge in [-0.1, -0.05) is 33.1 Å². The SMILES string of the molecule is CNC1C(N2CCCCCC2)CCCC1(C)C. The molecule has 2 fully saturated rings. The van der Waals surface area contributed by atoms with Gasteiger partial charge < -0.3 is 5.32 Å². The molecule has 0 radical (unpaired) electrons.